The number of nitrogens with zero attached hydrogens (tertiary/aromatic N) is 1. The fraction of sp³-hybridized carbons (Fsp3) is 0.500. The van der Waals surface area contributed by atoms with Crippen LogP contribution in [0.2, 0.25) is 0 Å². The monoisotopic (exact) mass is 252 g/mol. The van der Waals surface area contributed by atoms with Crippen LogP contribution < -0.4 is 11.2 Å². The molecule has 1 unspecified atom stereocenters. The third-order valence-electron chi connectivity index (χ3n) is 2.79. The second kappa shape index (κ2) is 4.49. The Morgan fingerprint density at radius 3 is 2.71 bits per heavy atom. The van der Waals surface area contributed by atoms with E-state index in [-0.39, 0.29) is 17.3 Å². The first kappa shape index (κ1) is 12.1. The highest BCUT2D eigenvalue weighted by atomic mass is 32.1. The topological polar surface area (TPSA) is 54.9 Å². The van der Waals surface area contributed by atoms with Crippen LogP contribution in [0.15, 0.2) is 21.0 Å². The Labute approximate surface area is 103 Å². The normalized spacial score (nSPS) is 13.4. The molecule has 0 aromatic carbocycles. The Balaban J connectivity index is 2.60. The maximum absolute atomic E-state index is 12.2. The molecule has 0 radical (unpaired) electrons. The SMILES string of the molecule is CC(C)CC(C)n1c(=O)[nH]c2ccsc2c1=O. The molecule has 1 N–H and O–H groups in total. The van der Waals surface area contributed by atoms with E-state index in [9.17, 15) is 9.59 Å². The van der Waals surface area contributed by atoms with E-state index in [1.807, 2.05) is 12.3 Å². The second-order valence-corrected chi connectivity index (χ2v) is 5.66. The third-order valence-corrected chi connectivity index (χ3v) is 3.69. The first-order valence-corrected chi connectivity index (χ1v) is 6.60. The number of aromatic amines is 1. The minimum atomic E-state index is -0.311. The van der Waals surface area contributed by atoms with Gasteiger partial charge >= 0.3 is 5.69 Å². The van der Waals surface area contributed by atoms with Crippen molar-refractivity contribution in [1.29, 1.82) is 0 Å². The zero-order valence-corrected chi connectivity index (χ0v) is 11.0. The van der Waals surface area contributed by atoms with Crippen LogP contribution >= 0.6 is 11.3 Å². The second-order valence-electron chi connectivity index (χ2n) is 4.75. The smallest absolute Gasteiger partial charge is 0.306 e. The summed E-state index contributed by atoms with van der Waals surface area (Å²) in [6.45, 7) is 6.08. The first-order valence-electron chi connectivity index (χ1n) is 5.72. The highest BCUT2D eigenvalue weighted by Crippen LogP contribution is 2.16. The molecule has 2 aromatic heterocycles. The molecular weight excluding hydrogens is 236 g/mol. The van der Waals surface area contributed by atoms with E-state index in [0.717, 1.165) is 6.42 Å². The lowest BCUT2D eigenvalue weighted by atomic mass is 10.1. The summed E-state index contributed by atoms with van der Waals surface area (Å²) in [5, 5.41) is 1.82. The molecular formula is C12H16N2O2S. The van der Waals surface area contributed by atoms with Gasteiger partial charge in [-0.15, -0.1) is 11.3 Å². The molecule has 0 amide bonds. The summed E-state index contributed by atoms with van der Waals surface area (Å²) in [5.41, 5.74) is 0.152. The molecule has 0 spiro atoms. The fourth-order valence-corrected chi connectivity index (χ4v) is 2.92. The van der Waals surface area contributed by atoms with Crippen LogP contribution in [0, 0.1) is 5.92 Å². The summed E-state index contributed by atoms with van der Waals surface area (Å²) in [4.78, 5) is 26.8. The van der Waals surface area contributed by atoms with Crippen molar-refractivity contribution < 1.29 is 0 Å². The molecule has 0 aliphatic rings. The van der Waals surface area contributed by atoms with Crippen LogP contribution in [0.3, 0.4) is 0 Å². The molecule has 92 valence electrons. The molecule has 1 atom stereocenters. The van der Waals surface area contributed by atoms with Gasteiger partial charge in [0.25, 0.3) is 5.56 Å². The average molecular weight is 252 g/mol. The summed E-state index contributed by atoms with van der Waals surface area (Å²) in [7, 11) is 0. The highest BCUT2D eigenvalue weighted by molar-refractivity contribution is 7.17. The Hall–Kier alpha value is -1.36. The van der Waals surface area contributed by atoms with E-state index >= 15 is 0 Å². The number of rotatable bonds is 3. The van der Waals surface area contributed by atoms with Crippen molar-refractivity contribution in [2.75, 3.05) is 0 Å². The molecule has 17 heavy (non-hydrogen) atoms. The fourth-order valence-electron chi connectivity index (χ4n) is 2.14. The summed E-state index contributed by atoms with van der Waals surface area (Å²) < 4.78 is 1.96. The Morgan fingerprint density at radius 2 is 2.06 bits per heavy atom. The van der Waals surface area contributed by atoms with E-state index in [4.69, 9.17) is 0 Å². The molecule has 0 aliphatic carbocycles. The van der Waals surface area contributed by atoms with Gasteiger partial charge in [-0.25, -0.2) is 4.79 Å². The lowest BCUT2D eigenvalue weighted by Crippen LogP contribution is -2.37. The summed E-state index contributed by atoms with van der Waals surface area (Å²) in [6, 6.07) is 1.69. The van der Waals surface area contributed by atoms with E-state index in [1.165, 1.54) is 15.9 Å². The number of hydrogen-bond acceptors (Lipinski definition) is 3. The number of hydrogen-bond donors (Lipinski definition) is 1. The van der Waals surface area contributed by atoms with Gasteiger partial charge in [-0.1, -0.05) is 13.8 Å². The molecule has 0 saturated heterocycles. The Bertz CT molecular complexity index is 636. The predicted octanol–water partition coefficient (Wildman–Crippen LogP) is 2.36. The molecule has 2 rings (SSSR count). The van der Waals surface area contributed by atoms with Gasteiger partial charge in [-0.3, -0.25) is 9.36 Å². The Kier molecular flexibility index (Phi) is 3.19. The maximum atomic E-state index is 12.2. The van der Waals surface area contributed by atoms with Crippen molar-refractivity contribution >= 4 is 21.6 Å². The van der Waals surface area contributed by atoms with Gasteiger partial charge in [0.2, 0.25) is 0 Å². The van der Waals surface area contributed by atoms with Crippen molar-refractivity contribution in [3.05, 3.63) is 32.3 Å². The van der Waals surface area contributed by atoms with Crippen LogP contribution in [-0.2, 0) is 0 Å². The van der Waals surface area contributed by atoms with Gasteiger partial charge in [-0.2, -0.15) is 0 Å². The third kappa shape index (κ3) is 2.20. The molecule has 0 fully saturated rings. The molecule has 0 aliphatic heterocycles. The van der Waals surface area contributed by atoms with Crippen LogP contribution in [0.25, 0.3) is 10.2 Å². The van der Waals surface area contributed by atoms with Gasteiger partial charge in [0.1, 0.15) is 4.70 Å². The number of nitrogens with one attached hydrogen (secondary N) is 1. The van der Waals surface area contributed by atoms with Crippen molar-refractivity contribution in [3.63, 3.8) is 0 Å². The van der Waals surface area contributed by atoms with Crippen LogP contribution in [0.5, 0.6) is 0 Å². The van der Waals surface area contributed by atoms with Gasteiger partial charge < -0.3 is 4.98 Å². The van der Waals surface area contributed by atoms with Gasteiger partial charge in [-0.05, 0) is 30.7 Å². The minimum Gasteiger partial charge on any atom is -0.306 e. The van der Waals surface area contributed by atoms with Crippen molar-refractivity contribution in [2.45, 2.75) is 33.2 Å². The molecule has 0 saturated carbocycles. The summed E-state index contributed by atoms with van der Waals surface area (Å²) in [5.74, 6) is 0.454. The number of H-pyrrole nitrogens is 1. The van der Waals surface area contributed by atoms with Crippen molar-refractivity contribution in [2.24, 2.45) is 5.92 Å². The lowest BCUT2D eigenvalue weighted by Gasteiger charge is -2.15. The van der Waals surface area contributed by atoms with E-state index < -0.39 is 0 Å². The van der Waals surface area contributed by atoms with Crippen LogP contribution in [-0.4, -0.2) is 9.55 Å². The van der Waals surface area contributed by atoms with Gasteiger partial charge in [0, 0.05) is 6.04 Å². The minimum absolute atomic E-state index is 0.0715. The Morgan fingerprint density at radius 1 is 1.35 bits per heavy atom. The zero-order valence-electron chi connectivity index (χ0n) is 10.2. The molecule has 2 heterocycles. The van der Waals surface area contributed by atoms with E-state index in [1.54, 1.807) is 6.07 Å². The summed E-state index contributed by atoms with van der Waals surface area (Å²) >= 11 is 1.37. The first-order chi connectivity index (χ1) is 8.00. The van der Waals surface area contributed by atoms with Crippen LogP contribution in [0.4, 0.5) is 0 Å². The van der Waals surface area contributed by atoms with E-state index in [0.29, 0.717) is 16.1 Å². The highest BCUT2D eigenvalue weighted by Gasteiger charge is 2.15. The van der Waals surface area contributed by atoms with Crippen molar-refractivity contribution in [1.82, 2.24) is 9.55 Å². The number of aromatic nitrogens is 2. The van der Waals surface area contributed by atoms with Gasteiger partial charge in [0.05, 0.1) is 5.52 Å². The average Bonchev–Trinajstić information content (AvgIpc) is 2.64. The predicted molar refractivity (Wildman–Crippen MR) is 70.9 cm³/mol. The van der Waals surface area contributed by atoms with E-state index in [2.05, 4.69) is 18.8 Å². The molecule has 5 heteroatoms. The van der Waals surface area contributed by atoms with Crippen LogP contribution in [0.1, 0.15) is 33.2 Å². The molecule has 0 bridgehead atoms. The molecule has 2 aromatic rings. The number of thiophene rings is 1. The van der Waals surface area contributed by atoms with Gasteiger partial charge in [0.15, 0.2) is 0 Å². The maximum Gasteiger partial charge on any atom is 0.329 e. The summed E-state index contributed by atoms with van der Waals surface area (Å²) in [6.07, 6.45) is 0.819. The standard InChI is InChI=1S/C12H16N2O2S/c1-7(2)6-8(3)14-11(15)10-9(4-5-17-10)13-12(14)16/h4-5,7-8H,6H2,1-3H3,(H,13,16). The largest absolute Gasteiger partial charge is 0.329 e. The number of fused-ring (bicyclic) bond motifs is 1. The quantitative estimate of drug-likeness (QED) is 0.911. The zero-order chi connectivity index (χ0) is 12.6. The lowest BCUT2D eigenvalue weighted by molar-refractivity contribution is 0.409. The van der Waals surface area contributed by atoms with Crippen molar-refractivity contribution in [3.8, 4) is 0 Å². The molecule has 4 nitrogen and oxygen atoms in total.